The van der Waals surface area contributed by atoms with Gasteiger partial charge in [-0.2, -0.15) is 20.4 Å². The lowest BCUT2D eigenvalue weighted by molar-refractivity contribution is 0.343. The number of aliphatic hydroxyl groups excluding tert-OH is 1. The Hall–Kier alpha value is -9.61. The smallest absolute Gasteiger partial charge is 0.247 e. The standard InChI is InChI=1S/C17H18N6O3S2.C16H17ClN6O2S2.C16H19N7O2S2.C15H17N7O2S2.12H2/c18-28(25,26)15-6-5-13(27-15)17-19-9-11(2-1-7-24)16(21-17)20-14-8-12(22-23-14)10-3-4-10;1-27(24,25)19-7-10-4-5-13(26-10)16-18-8-11(17)15(21-16)20-14-6-12(22-23-14)9-2-3-9;1-23(2)14-8-12(18-13-7-10(21-22-13)9-3-4-9)19-16(20-14)11-5-6-15(26-11)27(17,24)25;1-17-11-7-12(18-13-6-9(21-22-13)8-2-3-8)20-15(19-11)10-4-5-14(25-10)26(16,23)24;;;;;;;;;;;;/h1-2,5-6,8-10,24H,3-4,7H2,(H2,18,25,26)(H2,19,20,21,22,23);4-6,8-9,19H,2-3,7H2,1H3,(H2,18,20,21,22,23);5-9H,3-4H2,1-2H3,(H2,17,24,25)(H2,18,19,20,21,22);4-8H,2-3H2,1H3,(H2,16,23,24)(H3,17,18,19,20,21,22);12*1H/b2-1+;;;;;;;;;;;;;;;. The Morgan fingerprint density at radius 3 is 1.33 bits per heavy atom. The van der Waals surface area contributed by atoms with E-state index in [1.807, 2.05) is 61.5 Å². The van der Waals surface area contributed by atoms with Crippen LogP contribution in [0.2, 0.25) is 5.02 Å². The van der Waals surface area contributed by atoms with Crippen molar-refractivity contribution in [3.8, 4) is 42.8 Å². The Kier molecular flexibility index (Phi) is 22.9. The molecule has 0 aromatic carbocycles. The normalized spacial score (nSPS) is 14.5. The third-order valence-electron chi connectivity index (χ3n) is 16.2. The number of H-pyrrole nitrogens is 4. The second kappa shape index (κ2) is 32.3. The van der Waals surface area contributed by atoms with E-state index in [1.165, 1.54) is 74.3 Å². The van der Waals surface area contributed by atoms with Gasteiger partial charge in [-0.05, 0) is 99.9 Å². The number of hydrogen-bond donors (Lipinski definition) is 14. The van der Waals surface area contributed by atoms with Crippen molar-refractivity contribution in [1.29, 1.82) is 0 Å². The van der Waals surface area contributed by atoms with Gasteiger partial charge in [0.1, 0.15) is 46.7 Å². The monoisotopic (exact) mass is 1660 g/mol. The number of primary sulfonamides is 3. The van der Waals surface area contributed by atoms with E-state index in [2.05, 4.69) is 112 Å². The first-order valence-corrected chi connectivity index (χ1v) is 43.2. The molecule has 12 aromatic rings. The van der Waals surface area contributed by atoms with Crippen LogP contribution < -0.4 is 51.6 Å². The molecule has 16 rings (SSSR count). The summed E-state index contributed by atoms with van der Waals surface area (Å²) in [4.78, 5) is 40.8. The molecule has 4 aliphatic carbocycles. The van der Waals surface area contributed by atoms with Crippen molar-refractivity contribution < 1.29 is 55.9 Å². The minimum Gasteiger partial charge on any atom is -0.392 e. The fourth-order valence-corrected chi connectivity index (χ4v) is 16.7. The number of thiophene rings is 4. The average molecular weight is 1660 g/mol. The van der Waals surface area contributed by atoms with Gasteiger partial charge < -0.3 is 36.6 Å². The number of sulfonamides is 4. The maximum absolute atomic E-state index is 11.5. The summed E-state index contributed by atoms with van der Waals surface area (Å²) in [5.74, 6) is 9.99. The van der Waals surface area contributed by atoms with Crippen LogP contribution in [0.15, 0.2) is 116 Å². The molecule has 0 spiro atoms. The molecule has 12 aromatic heterocycles. The first-order valence-electron chi connectivity index (χ1n) is 33.0. The highest BCUT2D eigenvalue weighted by Crippen LogP contribution is 2.44. The van der Waals surface area contributed by atoms with Crippen LogP contribution in [0.3, 0.4) is 0 Å². The maximum Gasteiger partial charge on any atom is 0.247 e. The molecule has 0 aliphatic heterocycles. The summed E-state index contributed by atoms with van der Waals surface area (Å²) >= 11 is 10.7. The van der Waals surface area contributed by atoms with E-state index in [0.29, 0.717) is 130 Å². The van der Waals surface area contributed by atoms with Crippen LogP contribution in [0, 0.1) is 0 Å². The van der Waals surface area contributed by atoms with E-state index >= 15 is 0 Å². The number of nitrogens with zero attached hydrogens (tertiary/aromatic N) is 13. The van der Waals surface area contributed by atoms with Gasteiger partial charge >= 0.3 is 0 Å². The van der Waals surface area contributed by atoms with E-state index in [-0.39, 0.29) is 42.9 Å². The van der Waals surface area contributed by atoms with Crippen molar-refractivity contribution in [3.63, 3.8) is 0 Å². The summed E-state index contributed by atoms with van der Waals surface area (Å²) in [6.07, 6.45) is 17.0. The second-order valence-corrected chi connectivity index (χ2v) is 37.3. The number of aromatic amines is 4. The van der Waals surface area contributed by atoms with Crippen molar-refractivity contribution in [2.24, 2.45) is 15.4 Å². The molecule has 0 unspecified atom stereocenters. The molecule has 590 valence electrons. The topological polar surface area (TPSA) is 528 Å². The number of rotatable bonds is 26. The molecule has 4 aliphatic rings. The van der Waals surface area contributed by atoms with Crippen molar-refractivity contribution >= 4 is 161 Å². The third-order valence-corrected chi connectivity index (χ3v) is 25.8. The molecule has 0 atom stereocenters. The zero-order chi connectivity index (χ0) is 76.2. The van der Waals surface area contributed by atoms with Crippen LogP contribution in [0.5, 0.6) is 0 Å². The highest BCUT2D eigenvalue weighted by molar-refractivity contribution is 7.92. The number of hydrogen-bond acceptors (Lipinski definition) is 31. The van der Waals surface area contributed by atoms with E-state index in [4.69, 9.17) is 32.1 Å². The van der Waals surface area contributed by atoms with E-state index < -0.39 is 40.1 Å². The maximum atomic E-state index is 11.5. The van der Waals surface area contributed by atoms with Gasteiger partial charge in [0.15, 0.2) is 52.4 Å². The van der Waals surface area contributed by atoms with Gasteiger partial charge in [0.05, 0.1) is 38.6 Å². The number of aliphatic hydroxyl groups is 1. The Labute approximate surface area is 658 Å². The molecular weight excluding hydrogens is 1570 g/mol. The van der Waals surface area contributed by atoms with Gasteiger partial charge in [-0.15, -0.1) is 45.3 Å². The van der Waals surface area contributed by atoms with Crippen molar-refractivity contribution in [2.75, 3.05) is 65.5 Å². The van der Waals surface area contributed by atoms with Gasteiger partial charge in [0.2, 0.25) is 40.1 Å². The van der Waals surface area contributed by atoms with Crippen molar-refractivity contribution in [1.82, 2.24) is 85.4 Å². The van der Waals surface area contributed by atoms with Gasteiger partial charge in [0, 0.05) is 144 Å². The summed E-state index contributed by atoms with van der Waals surface area (Å²) in [5, 5.41) is 69.8. The third kappa shape index (κ3) is 20.6. The molecule has 44 heteroatoms. The molecule has 0 amide bonds. The largest absolute Gasteiger partial charge is 0.392 e. The zero-order valence-corrected chi connectivity index (χ0v) is 65.0. The highest BCUT2D eigenvalue weighted by atomic mass is 35.5. The average Bonchev–Trinajstić information content (AvgIpc) is 1.61. The van der Waals surface area contributed by atoms with Gasteiger partial charge in [-0.3, -0.25) is 20.4 Å². The summed E-state index contributed by atoms with van der Waals surface area (Å²) in [6, 6.07) is 24.4. The van der Waals surface area contributed by atoms with Gasteiger partial charge in [-0.1, -0.05) is 23.8 Å². The minimum absolute atomic E-state index is 0. The number of nitrogens with one attached hydrogen (secondary N) is 10. The van der Waals surface area contributed by atoms with Crippen LogP contribution in [-0.2, 0) is 46.6 Å². The number of aromatic nitrogens is 16. The Balaban J connectivity index is 0.000000774. The highest BCUT2D eigenvalue weighted by Gasteiger charge is 2.30. The summed E-state index contributed by atoms with van der Waals surface area (Å²) in [5.41, 5.74) is 5.10. The van der Waals surface area contributed by atoms with Crippen LogP contribution in [-0.4, -0.2) is 153 Å². The van der Waals surface area contributed by atoms with Crippen LogP contribution in [0.4, 0.5) is 58.2 Å². The van der Waals surface area contributed by atoms with Gasteiger partial charge in [0.25, 0.3) is 0 Å². The zero-order valence-electron chi connectivity index (χ0n) is 57.7. The number of halogens is 1. The Morgan fingerprint density at radius 1 is 0.509 bits per heavy atom. The molecular formula is C64H95ClN26O9S8. The Bertz CT molecular complexity index is 5790. The van der Waals surface area contributed by atoms with Crippen LogP contribution in [0.25, 0.3) is 48.9 Å². The van der Waals surface area contributed by atoms with Crippen LogP contribution in [0.1, 0.15) is 125 Å². The van der Waals surface area contributed by atoms with E-state index in [0.717, 1.165) is 85.6 Å². The van der Waals surface area contributed by atoms with Crippen molar-refractivity contribution in [2.45, 2.75) is 94.2 Å². The van der Waals surface area contributed by atoms with Gasteiger partial charge in [-0.25, -0.2) is 93.7 Å². The molecule has 0 radical (unpaired) electrons. The fraction of sp³-hybridized carbons (Fsp3) is 0.281. The number of nitrogens with two attached hydrogens (primary N) is 3. The molecule has 0 saturated heterocycles. The minimum atomic E-state index is -3.77. The fourth-order valence-electron chi connectivity index (χ4n) is 10.2. The second-order valence-electron chi connectivity index (χ2n) is 25.3. The molecule has 108 heavy (non-hydrogen) atoms. The van der Waals surface area contributed by atoms with E-state index in [9.17, 15) is 33.7 Å². The number of anilines is 10. The predicted molar refractivity (Wildman–Crippen MR) is 443 cm³/mol. The summed E-state index contributed by atoms with van der Waals surface area (Å²) < 4.78 is 94.2. The summed E-state index contributed by atoms with van der Waals surface area (Å²) in [7, 11) is -9.01. The molecule has 12 heterocycles. The molecule has 0 bridgehead atoms. The molecule has 4 fully saturated rings. The quantitative estimate of drug-likeness (QED) is 0.0239. The first-order chi connectivity index (χ1) is 51.5. The Morgan fingerprint density at radius 2 is 0.907 bits per heavy atom. The lowest BCUT2D eigenvalue weighted by atomic mass is 10.2. The van der Waals surface area contributed by atoms with Crippen molar-refractivity contribution in [3.05, 3.63) is 142 Å². The predicted octanol–water partition coefficient (Wildman–Crippen LogP) is 12.9. The molecule has 17 N–H and O–H groups in total. The lowest BCUT2D eigenvalue weighted by Gasteiger charge is -2.14. The molecule has 4 saturated carbocycles. The summed E-state index contributed by atoms with van der Waals surface area (Å²) in [6.45, 7) is 0.122. The lowest BCUT2D eigenvalue weighted by Crippen LogP contribution is -2.20. The van der Waals surface area contributed by atoms with E-state index in [1.54, 1.807) is 49.7 Å². The molecule has 35 nitrogen and oxygen atoms in total. The SMILES string of the molecule is CN(C)c1cc(Nc2cc(C3CC3)[nH]n2)nc(-c2ccc(S(N)(=O)=O)s2)n1.CNc1cc(Nc2cc(C3CC3)[nH]n2)nc(-c2ccc(S(N)(=O)=O)s2)n1.CS(=O)(=O)NCc1ccc(-c2ncc(Cl)c(Nc3cc(C4CC4)[nH]n3)n2)s1.NS(=O)(=O)c1ccc(-c2ncc(/C=C/CO)c(Nc3cc(C4CC4)[nH]n3)n2)s1.[HH].[HH].[HH].[HH].[HH].[HH].[HH].[HH].[HH].[HH].[HH].[HH]. The first kappa shape index (κ1) is 76.6. The van der Waals surface area contributed by atoms with Crippen LogP contribution >= 0.6 is 56.9 Å².